The summed E-state index contributed by atoms with van der Waals surface area (Å²) in [6.45, 7) is 4.30. The Morgan fingerprint density at radius 2 is 2.20 bits per heavy atom. The first-order valence-electron chi connectivity index (χ1n) is 3.55. The highest BCUT2D eigenvalue weighted by molar-refractivity contribution is 5.85. The maximum Gasteiger partial charge on any atom is 0.0163 e. The van der Waals surface area contributed by atoms with E-state index in [2.05, 4.69) is 19.9 Å². The molecular formula is C8H16ClN. The molecular weight excluding hydrogens is 146 g/mol. The molecule has 0 bridgehead atoms. The Bertz CT molecular complexity index is 138. The molecule has 2 heteroatoms. The first-order chi connectivity index (χ1) is 4.10. The van der Waals surface area contributed by atoms with Crippen LogP contribution in [0.3, 0.4) is 0 Å². The van der Waals surface area contributed by atoms with Crippen molar-refractivity contribution in [1.82, 2.24) is 0 Å². The Morgan fingerprint density at radius 1 is 1.60 bits per heavy atom. The molecule has 1 aliphatic rings. The molecule has 60 valence electrons. The van der Waals surface area contributed by atoms with E-state index < -0.39 is 0 Å². The highest BCUT2D eigenvalue weighted by Crippen LogP contribution is 2.23. The molecule has 0 radical (unpaired) electrons. The van der Waals surface area contributed by atoms with Gasteiger partial charge in [0.1, 0.15) is 0 Å². The van der Waals surface area contributed by atoms with E-state index in [0.717, 1.165) is 12.8 Å². The molecule has 0 aromatic heterocycles. The van der Waals surface area contributed by atoms with Crippen molar-refractivity contribution < 1.29 is 0 Å². The van der Waals surface area contributed by atoms with Crippen LogP contribution in [0.4, 0.5) is 0 Å². The van der Waals surface area contributed by atoms with Crippen molar-refractivity contribution in [2.75, 3.05) is 0 Å². The SMILES string of the molecule is CC1=CCC(C)(N)CC1.Cl. The van der Waals surface area contributed by atoms with Gasteiger partial charge in [-0.2, -0.15) is 0 Å². The van der Waals surface area contributed by atoms with Crippen LogP contribution in [0.5, 0.6) is 0 Å². The third-order valence-electron chi connectivity index (χ3n) is 2.01. The number of nitrogens with two attached hydrogens (primary N) is 1. The van der Waals surface area contributed by atoms with Crippen LogP contribution < -0.4 is 5.73 Å². The minimum atomic E-state index is 0. The fraction of sp³-hybridized carbons (Fsp3) is 0.750. The molecule has 0 amide bonds. The van der Waals surface area contributed by atoms with E-state index in [1.807, 2.05) is 0 Å². The molecule has 2 N–H and O–H groups in total. The zero-order chi connectivity index (χ0) is 6.91. The average Bonchev–Trinajstić information content (AvgIpc) is 1.78. The highest BCUT2D eigenvalue weighted by Gasteiger charge is 2.19. The van der Waals surface area contributed by atoms with E-state index in [9.17, 15) is 0 Å². The van der Waals surface area contributed by atoms with Gasteiger partial charge in [-0.3, -0.25) is 0 Å². The quantitative estimate of drug-likeness (QED) is 0.542. The lowest BCUT2D eigenvalue weighted by molar-refractivity contribution is 0.419. The molecule has 1 nitrogen and oxygen atoms in total. The van der Waals surface area contributed by atoms with Crippen LogP contribution in [0.2, 0.25) is 0 Å². The summed E-state index contributed by atoms with van der Waals surface area (Å²) in [5.74, 6) is 0. The lowest BCUT2D eigenvalue weighted by Crippen LogP contribution is -2.36. The van der Waals surface area contributed by atoms with E-state index >= 15 is 0 Å². The zero-order valence-electron chi connectivity index (χ0n) is 6.68. The minimum absolute atomic E-state index is 0. The molecule has 1 atom stereocenters. The predicted octanol–water partition coefficient (Wildman–Crippen LogP) is 2.26. The van der Waals surface area contributed by atoms with Crippen molar-refractivity contribution in [3.8, 4) is 0 Å². The smallest absolute Gasteiger partial charge is 0.0163 e. The fourth-order valence-electron chi connectivity index (χ4n) is 1.09. The second kappa shape index (κ2) is 3.40. The lowest BCUT2D eigenvalue weighted by atomic mass is 9.86. The first kappa shape index (κ1) is 9.99. The number of allylic oxidation sites excluding steroid dienone is 1. The average molecular weight is 162 g/mol. The Morgan fingerprint density at radius 3 is 2.50 bits per heavy atom. The molecule has 0 saturated carbocycles. The van der Waals surface area contributed by atoms with E-state index in [4.69, 9.17) is 5.73 Å². The summed E-state index contributed by atoms with van der Waals surface area (Å²) >= 11 is 0. The van der Waals surface area contributed by atoms with Gasteiger partial charge in [0.2, 0.25) is 0 Å². The van der Waals surface area contributed by atoms with Crippen molar-refractivity contribution in [2.45, 2.75) is 38.6 Å². The van der Waals surface area contributed by atoms with Crippen LogP contribution in [0, 0.1) is 0 Å². The summed E-state index contributed by atoms with van der Waals surface area (Å²) < 4.78 is 0. The van der Waals surface area contributed by atoms with Crippen LogP contribution in [0.1, 0.15) is 33.1 Å². The van der Waals surface area contributed by atoms with Crippen LogP contribution in [-0.4, -0.2) is 5.54 Å². The standard InChI is InChI=1S/C8H15N.ClH/c1-7-3-5-8(2,9)6-4-7;/h3H,4-6,9H2,1-2H3;1H. The summed E-state index contributed by atoms with van der Waals surface area (Å²) in [6, 6.07) is 0. The number of halogens is 1. The molecule has 0 spiro atoms. The topological polar surface area (TPSA) is 26.0 Å². The van der Waals surface area contributed by atoms with Gasteiger partial charge in [-0.1, -0.05) is 11.6 Å². The molecule has 0 saturated heterocycles. The molecule has 1 aliphatic carbocycles. The molecule has 10 heavy (non-hydrogen) atoms. The van der Waals surface area contributed by atoms with Gasteiger partial charge in [0.25, 0.3) is 0 Å². The van der Waals surface area contributed by atoms with E-state index in [1.165, 1.54) is 12.0 Å². The maximum atomic E-state index is 5.90. The monoisotopic (exact) mass is 161 g/mol. The summed E-state index contributed by atoms with van der Waals surface area (Å²) in [7, 11) is 0. The zero-order valence-corrected chi connectivity index (χ0v) is 7.50. The molecule has 1 rings (SSSR count). The van der Waals surface area contributed by atoms with Crippen LogP contribution in [0.25, 0.3) is 0 Å². The van der Waals surface area contributed by atoms with Gasteiger partial charge < -0.3 is 5.73 Å². The largest absolute Gasteiger partial charge is 0.325 e. The van der Waals surface area contributed by atoms with Crippen molar-refractivity contribution >= 4 is 12.4 Å². The molecule has 0 aliphatic heterocycles. The van der Waals surface area contributed by atoms with Crippen molar-refractivity contribution in [1.29, 1.82) is 0 Å². The number of hydrogen-bond acceptors (Lipinski definition) is 1. The van der Waals surface area contributed by atoms with Gasteiger partial charge >= 0.3 is 0 Å². The Kier molecular flexibility index (Phi) is 3.40. The Hall–Kier alpha value is -0.0100. The van der Waals surface area contributed by atoms with Gasteiger partial charge in [-0.25, -0.2) is 0 Å². The highest BCUT2D eigenvalue weighted by atomic mass is 35.5. The van der Waals surface area contributed by atoms with Gasteiger partial charge in [-0.05, 0) is 33.1 Å². The van der Waals surface area contributed by atoms with Gasteiger partial charge in [0, 0.05) is 5.54 Å². The van der Waals surface area contributed by atoms with Crippen molar-refractivity contribution in [3.63, 3.8) is 0 Å². The minimum Gasteiger partial charge on any atom is -0.325 e. The summed E-state index contributed by atoms with van der Waals surface area (Å²) in [4.78, 5) is 0. The van der Waals surface area contributed by atoms with E-state index in [0.29, 0.717) is 0 Å². The third-order valence-corrected chi connectivity index (χ3v) is 2.01. The summed E-state index contributed by atoms with van der Waals surface area (Å²) in [5.41, 5.74) is 7.48. The molecule has 0 heterocycles. The number of rotatable bonds is 0. The molecule has 0 aromatic rings. The molecule has 1 unspecified atom stereocenters. The summed E-state index contributed by atoms with van der Waals surface area (Å²) in [6.07, 6.45) is 5.64. The normalized spacial score (nSPS) is 32.5. The second-order valence-corrected chi connectivity index (χ2v) is 3.41. The van der Waals surface area contributed by atoms with E-state index in [1.54, 1.807) is 0 Å². The Labute approximate surface area is 69.1 Å². The predicted molar refractivity (Wildman–Crippen MR) is 47.4 cm³/mol. The Balaban J connectivity index is 0.000000810. The number of hydrogen-bond donors (Lipinski definition) is 1. The maximum absolute atomic E-state index is 5.90. The van der Waals surface area contributed by atoms with E-state index in [-0.39, 0.29) is 17.9 Å². The lowest BCUT2D eigenvalue weighted by Gasteiger charge is -2.27. The summed E-state index contributed by atoms with van der Waals surface area (Å²) in [5, 5.41) is 0. The third kappa shape index (κ3) is 2.72. The van der Waals surface area contributed by atoms with Crippen LogP contribution >= 0.6 is 12.4 Å². The van der Waals surface area contributed by atoms with Gasteiger partial charge in [-0.15, -0.1) is 12.4 Å². The van der Waals surface area contributed by atoms with Crippen LogP contribution in [0.15, 0.2) is 11.6 Å². The van der Waals surface area contributed by atoms with Crippen LogP contribution in [-0.2, 0) is 0 Å². The molecule has 0 fully saturated rings. The second-order valence-electron chi connectivity index (χ2n) is 3.41. The van der Waals surface area contributed by atoms with Gasteiger partial charge in [0.15, 0.2) is 0 Å². The van der Waals surface area contributed by atoms with Crippen molar-refractivity contribution in [3.05, 3.63) is 11.6 Å². The fourth-order valence-corrected chi connectivity index (χ4v) is 1.09. The van der Waals surface area contributed by atoms with Crippen molar-refractivity contribution in [2.24, 2.45) is 5.73 Å². The first-order valence-corrected chi connectivity index (χ1v) is 3.55. The molecule has 0 aromatic carbocycles. The van der Waals surface area contributed by atoms with Gasteiger partial charge in [0.05, 0.1) is 0 Å².